The van der Waals surface area contributed by atoms with Crippen LogP contribution in [0.2, 0.25) is 0 Å². The molecule has 1 aliphatic rings. The maximum atomic E-state index is 11.7. The summed E-state index contributed by atoms with van der Waals surface area (Å²) in [6.45, 7) is 4.46. The summed E-state index contributed by atoms with van der Waals surface area (Å²) in [6, 6.07) is 2.04. The van der Waals surface area contributed by atoms with Crippen molar-refractivity contribution in [3.05, 3.63) is 21.9 Å². The SMILES string of the molecule is Cc1ccsc1C=NNC(=O)CN1CCSCC1. The van der Waals surface area contributed by atoms with Gasteiger partial charge in [-0.3, -0.25) is 9.69 Å². The Morgan fingerprint density at radius 3 is 3.00 bits per heavy atom. The number of hydrogen-bond donors (Lipinski definition) is 1. The van der Waals surface area contributed by atoms with Crippen LogP contribution in [0, 0.1) is 6.92 Å². The van der Waals surface area contributed by atoms with Gasteiger partial charge in [0.25, 0.3) is 5.91 Å². The number of aryl methyl sites for hydroxylation is 1. The lowest BCUT2D eigenvalue weighted by molar-refractivity contribution is -0.122. The van der Waals surface area contributed by atoms with Crippen molar-refractivity contribution in [3.63, 3.8) is 0 Å². The molecule has 4 nitrogen and oxygen atoms in total. The van der Waals surface area contributed by atoms with E-state index in [1.54, 1.807) is 17.6 Å². The summed E-state index contributed by atoms with van der Waals surface area (Å²) in [4.78, 5) is 14.9. The fraction of sp³-hybridized carbons (Fsp3) is 0.500. The van der Waals surface area contributed by atoms with Crippen molar-refractivity contribution in [1.82, 2.24) is 10.3 Å². The van der Waals surface area contributed by atoms with Crippen LogP contribution in [0.4, 0.5) is 0 Å². The van der Waals surface area contributed by atoms with Crippen LogP contribution in [0.3, 0.4) is 0 Å². The van der Waals surface area contributed by atoms with E-state index in [4.69, 9.17) is 0 Å². The van der Waals surface area contributed by atoms with Gasteiger partial charge in [-0.05, 0) is 23.9 Å². The number of amides is 1. The molecule has 0 aromatic carbocycles. The molecule has 98 valence electrons. The first-order valence-corrected chi connectivity index (χ1v) is 7.95. The number of rotatable bonds is 4. The lowest BCUT2D eigenvalue weighted by Gasteiger charge is -2.24. The molecule has 2 rings (SSSR count). The van der Waals surface area contributed by atoms with E-state index < -0.39 is 0 Å². The van der Waals surface area contributed by atoms with Gasteiger partial charge in [0.1, 0.15) is 0 Å². The zero-order valence-corrected chi connectivity index (χ0v) is 12.0. The minimum Gasteiger partial charge on any atom is -0.293 e. The van der Waals surface area contributed by atoms with E-state index in [0.29, 0.717) is 6.54 Å². The molecule has 0 saturated carbocycles. The van der Waals surface area contributed by atoms with Gasteiger partial charge < -0.3 is 0 Å². The smallest absolute Gasteiger partial charge is 0.254 e. The number of thioether (sulfide) groups is 1. The first-order valence-electron chi connectivity index (χ1n) is 5.92. The van der Waals surface area contributed by atoms with Crippen LogP contribution in [-0.4, -0.2) is 48.2 Å². The fourth-order valence-electron chi connectivity index (χ4n) is 1.68. The molecule has 1 aliphatic heterocycles. The molecule has 1 saturated heterocycles. The molecule has 0 radical (unpaired) electrons. The highest BCUT2D eigenvalue weighted by Crippen LogP contribution is 2.12. The molecule has 1 N–H and O–H groups in total. The van der Waals surface area contributed by atoms with Crippen molar-refractivity contribution in [2.75, 3.05) is 31.1 Å². The Morgan fingerprint density at radius 2 is 2.33 bits per heavy atom. The second kappa shape index (κ2) is 6.92. The number of nitrogens with zero attached hydrogens (tertiary/aromatic N) is 2. The Kier molecular flexibility index (Phi) is 5.22. The van der Waals surface area contributed by atoms with Gasteiger partial charge in [0, 0.05) is 29.5 Å². The number of hydrazone groups is 1. The number of thiophene rings is 1. The monoisotopic (exact) mass is 283 g/mol. The van der Waals surface area contributed by atoms with Crippen molar-refractivity contribution in [1.29, 1.82) is 0 Å². The van der Waals surface area contributed by atoms with Gasteiger partial charge in [0.15, 0.2) is 0 Å². The van der Waals surface area contributed by atoms with E-state index in [0.717, 1.165) is 29.5 Å². The average molecular weight is 283 g/mol. The van der Waals surface area contributed by atoms with E-state index in [1.807, 2.05) is 30.1 Å². The summed E-state index contributed by atoms with van der Waals surface area (Å²) in [5.41, 5.74) is 3.77. The van der Waals surface area contributed by atoms with E-state index in [2.05, 4.69) is 15.4 Å². The van der Waals surface area contributed by atoms with Crippen LogP contribution in [0.25, 0.3) is 0 Å². The molecule has 1 aromatic rings. The normalized spacial score (nSPS) is 17.2. The number of nitrogens with one attached hydrogen (secondary N) is 1. The van der Waals surface area contributed by atoms with Crippen molar-refractivity contribution in [2.45, 2.75) is 6.92 Å². The lowest BCUT2D eigenvalue weighted by atomic mass is 10.3. The first-order chi connectivity index (χ1) is 8.75. The molecule has 6 heteroatoms. The molecule has 0 unspecified atom stereocenters. The van der Waals surface area contributed by atoms with Crippen LogP contribution < -0.4 is 5.43 Å². The summed E-state index contributed by atoms with van der Waals surface area (Å²) in [6.07, 6.45) is 1.71. The van der Waals surface area contributed by atoms with E-state index in [-0.39, 0.29) is 5.91 Å². The summed E-state index contributed by atoms with van der Waals surface area (Å²) < 4.78 is 0. The Bertz CT molecular complexity index is 425. The minimum atomic E-state index is -0.0349. The summed E-state index contributed by atoms with van der Waals surface area (Å²) >= 11 is 3.56. The molecule has 18 heavy (non-hydrogen) atoms. The van der Waals surface area contributed by atoms with E-state index in [1.165, 1.54) is 5.56 Å². The van der Waals surface area contributed by atoms with E-state index in [9.17, 15) is 4.79 Å². The highest BCUT2D eigenvalue weighted by molar-refractivity contribution is 7.99. The Balaban J connectivity index is 1.74. The van der Waals surface area contributed by atoms with Crippen molar-refractivity contribution < 1.29 is 4.79 Å². The standard InChI is InChI=1S/C12H17N3OS2/c1-10-2-5-18-11(10)8-13-14-12(16)9-15-3-6-17-7-4-15/h2,5,8H,3-4,6-7,9H2,1H3,(H,14,16). The fourth-order valence-corrected chi connectivity index (χ4v) is 3.44. The second-order valence-electron chi connectivity index (χ2n) is 4.15. The van der Waals surface area contributed by atoms with Crippen LogP contribution in [0.5, 0.6) is 0 Å². The van der Waals surface area contributed by atoms with Crippen molar-refractivity contribution >= 4 is 35.2 Å². The first kappa shape index (κ1) is 13.6. The van der Waals surface area contributed by atoms with Crippen LogP contribution >= 0.6 is 23.1 Å². The predicted molar refractivity (Wildman–Crippen MR) is 78.6 cm³/mol. The second-order valence-corrected chi connectivity index (χ2v) is 6.32. The van der Waals surface area contributed by atoms with Gasteiger partial charge in [0.2, 0.25) is 0 Å². The molecular formula is C12H17N3OS2. The molecule has 1 fully saturated rings. The summed E-state index contributed by atoms with van der Waals surface area (Å²) in [7, 11) is 0. The molecule has 1 aromatic heterocycles. The van der Waals surface area contributed by atoms with Gasteiger partial charge in [-0.15, -0.1) is 11.3 Å². The highest BCUT2D eigenvalue weighted by Gasteiger charge is 2.13. The van der Waals surface area contributed by atoms with Crippen LogP contribution in [0.1, 0.15) is 10.4 Å². The van der Waals surface area contributed by atoms with Crippen LogP contribution in [-0.2, 0) is 4.79 Å². The van der Waals surface area contributed by atoms with Crippen molar-refractivity contribution in [3.8, 4) is 0 Å². The molecule has 0 atom stereocenters. The lowest BCUT2D eigenvalue weighted by Crippen LogP contribution is -2.40. The Morgan fingerprint density at radius 1 is 1.56 bits per heavy atom. The average Bonchev–Trinajstić information content (AvgIpc) is 2.76. The highest BCUT2D eigenvalue weighted by atomic mass is 32.2. The topological polar surface area (TPSA) is 44.7 Å². The Hall–Kier alpha value is -0.850. The number of carbonyl (C=O) groups is 1. The Labute approximate surface area is 115 Å². The molecule has 0 bridgehead atoms. The predicted octanol–water partition coefficient (Wildman–Crippen LogP) is 1.56. The number of carbonyl (C=O) groups excluding carboxylic acids is 1. The zero-order chi connectivity index (χ0) is 12.8. The zero-order valence-electron chi connectivity index (χ0n) is 10.4. The molecule has 0 aliphatic carbocycles. The molecular weight excluding hydrogens is 266 g/mol. The van der Waals surface area contributed by atoms with Gasteiger partial charge in [-0.25, -0.2) is 5.43 Å². The van der Waals surface area contributed by atoms with Crippen LogP contribution in [0.15, 0.2) is 16.5 Å². The molecule has 0 spiro atoms. The largest absolute Gasteiger partial charge is 0.293 e. The maximum absolute atomic E-state index is 11.7. The maximum Gasteiger partial charge on any atom is 0.254 e. The minimum absolute atomic E-state index is 0.0349. The van der Waals surface area contributed by atoms with Crippen molar-refractivity contribution in [2.24, 2.45) is 5.10 Å². The third-order valence-corrected chi connectivity index (χ3v) is 4.64. The molecule has 2 heterocycles. The van der Waals surface area contributed by atoms with E-state index >= 15 is 0 Å². The van der Waals surface area contributed by atoms with Gasteiger partial charge in [-0.2, -0.15) is 16.9 Å². The third kappa shape index (κ3) is 4.12. The van der Waals surface area contributed by atoms with Gasteiger partial charge >= 0.3 is 0 Å². The van der Waals surface area contributed by atoms with Gasteiger partial charge in [0.05, 0.1) is 12.8 Å². The summed E-state index contributed by atoms with van der Waals surface area (Å²) in [5.74, 6) is 2.20. The number of hydrogen-bond acceptors (Lipinski definition) is 5. The third-order valence-electron chi connectivity index (χ3n) is 2.74. The molecule has 1 amide bonds. The quantitative estimate of drug-likeness (QED) is 0.673. The van der Waals surface area contributed by atoms with Gasteiger partial charge in [-0.1, -0.05) is 0 Å². The summed E-state index contributed by atoms with van der Waals surface area (Å²) in [5, 5.41) is 6.01.